The van der Waals surface area contributed by atoms with Crippen LogP contribution < -0.4 is 16.1 Å². The van der Waals surface area contributed by atoms with E-state index in [0.29, 0.717) is 11.4 Å². The van der Waals surface area contributed by atoms with Gasteiger partial charge in [-0.1, -0.05) is 24.3 Å². The summed E-state index contributed by atoms with van der Waals surface area (Å²) in [6.45, 7) is 2.32. The molecular formula is C17H18N4O. The highest BCUT2D eigenvalue weighted by Gasteiger charge is 2.17. The van der Waals surface area contributed by atoms with Gasteiger partial charge in [-0.3, -0.25) is 9.80 Å². The second-order valence-corrected chi connectivity index (χ2v) is 5.24. The van der Waals surface area contributed by atoms with Gasteiger partial charge in [0.2, 0.25) is 5.91 Å². The van der Waals surface area contributed by atoms with Gasteiger partial charge in [-0.05, 0) is 29.8 Å². The summed E-state index contributed by atoms with van der Waals surface area (Å²) in [6, 6.07) is 15.7. The lowest BCUT2D eigenvalue weighted by molar-refractivity contribution is -0.114. The molecular weight excluding hydrogens is 276 g/mol. The molecule has 2 aromatic rings. The highest BCUT2D eigenvalue weighted by Crippen LogP contribution is 2.25. The van der Waals surface area contributed by atoms with Crippen LogP contribution in [0.2, 0.25) is 0 Å². The molecule has 0 unspecified atom stereocenters. The van der Waals surface area contributed by atoms with Crippen molar-refractivity contribution in [3.63, 3.8) is 0 Å². The molecule has 0 saturated heterocycles. The Morgan fingerprint density at radius 2 is 2.00 bits per heavy atom. The van der Waals surface area contributed by atoms with E-state index in [0.717, 1.165) is 29.9 Å². The Morgan fingerprint density at radius 3 is 2.68 bits per heavy atom. The minimum atomic E-state index is -0.132. The molecule has 1 heterocycles. The number of hydrazone groups is 1. The van der Waals surface area contributed by atoms with Gasteiger partial charge in [0, 0.05) is 19.9 Å². The van der Waals surface area contributed by atoms with Crippen molar-refractivity contribution in [3.8, 4) is 0 Å². The number of anilines is 3. The van der Waals surface area contributed by atoms with Crippen molar-refractivity contribution in [2.24, 2.45) is 5.10 Å². The van der Waals surface area contributed by atoms with E-state index in [1.807, 2.05) is 53.5 Å². The standard InChI is InChI=1S/C17H18N4O/c1-12(22)19-17-8-7-13(11-15(17)18)16-9-10-21(20-16)14-5-3-2-4-6-14/h2-8,11H,9-10,18H2,1H3,(H,19,22). The minimum Gasteiger partial charge on any atom is -0.397 e. The summed E-state index contributed by atoms with van der Waals surface area (Å²) >= 11 is 0. The zero-order valence-electron chi connectivity index (χ0n) is 12.4. The number of nitrogens with zero attached hydrogens (tertiary/aromatic N) is 2. The summed E-state index contributed by atoms with van der Waals surface area (Å²) in [5.41, 5.74) is 10.3. The summed E-state index contributed by atoms with van der Waals surface area (Å²) in [5, 5.41) is 9.37. The molecule has 0 spiro atoms. The topological polar surface area (TPSA) is 70.7 Å². The molecule has 5 nitrogen and oxygen atoms in total. The van der Waals surface area contributed by atoms with Crippen LogP contribution in [-0.2, 0) is 4.79 Å². The summed E-state index contributed by atoms with van der Waals surface area (Å²) in [4.78, 5) is 11.1. The first-order chi connectivity index (χ1) is 10.6. The van der Waals surface area contributed by atoms with Crippen molar-refractivity contribution in [3.05, 3.63) is 54.1 Å². The molecule has 3 N–H and O–H groups in total. The highest BCUT2D eigenvalue weighted by atomic mass is 16.1. The molecule has 0 saturated carbocycles. The summed E-state index contributed by atoms with van der Waals surface area (Å²) in [5.74, 6) is -0.132. The maximum atomic E-state index is 11.1. The van der Waals surface area contributed by atoms with Crippen LogP contribution in [-0.4, -0.2) is 18.2 Å². The first kappa shape index (κ1) is 14.1. The third-order valence-electron chi connectivity index (χ3n) is 3.55. The van der Waals surface area contributed by atoms with Gasteiger partial charge in [-0.25, -0.2) is 0 Å². The molecule has 2 aromatic carbocycles. The average molecular weight is 294 g/mol. The van der Waals surface area contributed by atoms with Crippen molar-refractivity contribution < 1.29 is 4.79 Å². The molecule has 1 aliphatic heterocycles. The largest absolute Gasteiger partial charge is 0.397 e. The molecule has 0 fully saturated rings. The van der Waals surface area contributed by atoms with Crippen molar-refractivity contribution in [2.45, 2.75) is 13.3 Å². The third kappa shape index (κ3) is 2.93. The second kappa shape index (κ2) is 5.89. The molecule has 0 bridgehead atoms. The molecule has 0 aliphatic carbocycles. The van der Waals surface area contributed by atoms with Crippen molar-refractivity contribution in [2.75, 3.05) is 22.6 Å². The normalized spacial score (nSPS) is 13.9. The van der Waals surface area contributed by atoms with Crippen molar-refractivity contribution in [1.82, 2.24) is 0 Å². The molecule has 5 heteroatoms. The molecule has 112 valence electrons. The molecule has 1 aliphatic rings. The number of carbonyl (C=O) groups is 1. The van der Waals surface area contributed by atoms with E-state index in [1.54, 1.807) is 0 Å². The number of para-hydroxylation sites is 1. The van der Waals surface area contributed by atoms with Gasteiger partial charge in [0.25, 0.3) is 0 Å². The molecule has 0 atom stereocenters. The van der Waals surface area contributed by atoms with Gasteiger partial charge in [0.1, 0.15) is 0 Å². The Balaban J connectivity index is 1.83. The van der Waals surface area contributed by atoms with Gasteiger partial charge in [-0.15, -0.1) is 0 Å². The van der Waals surface area contributed by atoms with Gasteiger partial charge in [0.15, 0.2) is 0 Å². The molecule has 0 aromatic heterocycles. The predicted molar refractivity (Wildman–Crippen MR) is 90.1 cm³/mol. The number of benzene rings is 2. The lowest BCUT2D eigenvalue weighted by atomic mass is 10.1. The summed E-state index contributed by atoms with van der Waals surface area (Å²) < 4.78 is 0. The smallest absolute Gasteiger partial charge is 0.221 e. The number of amides is 1. The van der Waals surface area contributed by atoms with Gasteiger partial charge >= 0.3 is 0 Å². The summed E-state index contributed by atoms with van der Waals surface area (Å²) in [6.07, 6.45) is 0.869. The Labute approximate surface area is 129 Å². The fraction of sp³-hybridized carbons (Fsp3) is 0.176. The van der Waals surface area contributed by atoms with Crippen LogP contribution in [0.1, 0.15) is 18.9 Å². The van der Waals surface area contributed by atoms with E-state index >= 15 is 0 Å². The quantitative estimate of drug-likeness (QED) is 0.855. The van der Waals surface area contributed by atoms with Crippen LogP contribution in [0.15, 0.2) is 53.6 Å². The predicted octanol–water partition coefficient (Wildman–Crippen LogP) is 2.84. The Kier molecular flexibility index (Phi) is 3.78. The number of hydrogen-bond acceptors (Lipinski definition) is 4. The Morgan fingerprint density at radius 1 is 1.23 bits per heavy atom. The number of rotatable bonds is 3. The first-order valence-electron chi connectivity index (χ1n) is 7.21. The highest BCUT2D eigenvalue weighted by molar-refractivity contribution is 6.04. The van der Waals surface area contributed by atoms with Crippen LogP contribution in [0.25, 0.3) is 0 Å². The summed E-state index contributed by atoms with van der Waals surface area (Å²) in [7, 11) is 0. The van der Waals surface area contributed by atoms with Crippen LogP contribution in [0, 0.1) is 0 Å². The van der Waals surface area contributed by atoms with E-state index in [2.05, 4.69) is 10.4 Å². The maximum Gasteiger partial charge on any atom is 0.221 e. The van der Waals surface area contributed by atoms with Crippen LogP contribution in [0.5, 0.6) is 0 Å². The first-order valence-corrected chi connectivity index (χ1v) is 7.21. The van der Waals surface area contributed by atoms with E-state index < -0.39 is 0 Å². The maximum absolute atomic E-state index is 11.1. The Hall–Kier alpha value is -2.82. The Bertz CT molecular complexity index is 725. The van der Waals surface area contributed by atoms with Crippen LogP contribution in [0.3, 0.4) is 0 Å². The van der Waals surface area contributed by atoms with E-state index in [1.165, 1.54) is 6.92 Å². The molecule has 3 rings (SSSR count). The van der Waals surface area contributed by atoms with E-state index in [-0.39, 0.29) is 5.91 Å². The molecule has 0 radical (unpaired) electrons. The SMILES string of the molecule is CC(=O)Nc1ccc(C2=NN(c3ccccc3)CC2)cc1N. The number of hydrogen-bond donors (Lipinski definition) is 2. The lowest BCUT2D eigenvalue weighted by Gasteiger charge is -2.12. The van der Waals surface area contributed by atoms with Gasteiger partial charge in [0.05, 0.1) is 22.8 Å². The number of nitrogen functional groups attached to an aromatic ring is 1. The second-order valence-electron chi connectivity index (χ2n) is 5.24. The fourth-order valence-corrected chi connectivity index (χ4v) is 2.49. The number of carbonyl (C=O) groups excluding carboxylic acids is 1. The lowest BCUT2D eigenvalue weighted by Crippen LogP contribution is -2.11. The van der Waals surface area contributed by atoms with Crippen molar-refractivity contribution >= 4 is 28.7 Å². The molecule has 22 heavy (non-hydrogen) atoms. The monoisotopic (exact) mass is 294 g/mol. The van der Waals surface area contributed by atoms with Gasteiger partial charge < -0.3 is 11.1 Å². The van der Waals surface area contributed by atoms with Crippen molar-refractivity contribution in [1.29, 1.82) is 0 Å². The minimum absolute atomic E-state index is 0.132. The third-order valence-corrected chi connectivity index (χ3v) is 3.55. The van der Waals surface area contributed by atoms with Crippen LogP contribution >= 0.6 is 0 Å². The molecule has 1 amide bonds. The van der Waals surface area contributed by atoms with E-state index in [4.69, 9.17) is 5.73 Å². The zero-order valence-corrected chi connectivity index (χ0v) is 12.4. The fourth-order valence-electron chi connectivity index (χ4n) is 2.49. The number of nitrogens with one attached hydrogen (secondary N) is 1. The van der Waals surface area contributed by atoms with Crippen LogP contribution in [0.4, 0.5) is 17.1 Å². The zero-order chi connectivity index (χ0) is 15.5. The van der Waals surface area contributed by atoms with Gasteiger partial charge in [-0.2, -0.15) is 5.10 Å². The number of nitrogens with two attached hydrogens (primary N) is 1. The van der Waals surface area contributed by atoms with E-state index in [9.17, 15) is 4.79 Å². The average Bonchev–Trinajstić information content (AvgIpc) is 3.00.